The molecule has 3 unspecified atom stereocenters. The maximum Gasteiger partial charge on any atom is 0.313 e. The van der Waals surface area contributed by atoms with E-state index < -0.39 is 0 Å². The van der Waals surface area contributed by atoms with Crippen LogP contribution < -0.4 is 0 Å². The topological polar surface area (TPSA) is 29.5 Å². The molecule has 3 atom stereocenters. The van der Waals surface area contributed by atoms with E-state index in [0.29, 0.717) is 17.0 Å². The largest absolute Gasteiger partial charge is 0.460 e. The van der Waals surface area contributed by atoms with E-state index in [9.17, 15) is 4.79 Å². The van der Waals surface area contributed by atoms with Crippen LogP contribution in [0.2, 0.25) is 5.02 Å². The van der Waals surface area contributed by atoms with Crippen LogP contribution in [0.3, 0.4) is 0 Å². The molecule has 0 spiro atoms. The average Bonchev–Trinajstić information content (AvgIpc) is 2.49. The van der Waals surface area contributed by atoms with E-state index in [1.807, 2.05) is 24.3 Å². The van der Waals surface area contributed by atoms with Gasteiger partial charge >= 0.3 is 5.97 Å². The van der Waals surface area contributed by atoms with E-state index in [2.05, 4.69) is 4.90 Å². The van der Waals surface area contributed by atoms with Gasteiger partial charge in [0, 0.05) is 11.1 Å². The van der Waals surface area contributed by atoms with Crippen LogP contribution in [0.15, 0.2) is 24.3 Å². The molecule has 0 saturated carbocycles. The fourth-order valence-corrected chi connectivity index (χ4v) is 4.21. The highest BCUT2D eigenvalue weighted by molar-refractivity contribution is 6.30. The number of benzene rings is 1. The van der Waals surface area contributed by atoms with E-state index >= 15 is 0 Å². The lowest BCUT2D eigenvalue weighted by atomic mass is 9.75. The molecule has 5 rings (SSSR count). The zero-order valence-electron chi connectivity index (χ0n) is 11.3. The summed E-state index contributed by atoms with van der Waals surface area (Å²) in [5.41, 5.74) is 1.03. The lowest BCUT2D eigenvalue weighted by Gasteiger charge is -2.53. The second-order valence-electron chi connectivity index (χ2n) is 6.18. The van der Waals surface area contributed by atoms with Gasteiger partial charge in [0.15, 0.2) is 0 Å². The van der Waals surface area contributed by atoms with Crippen molar-refractivity contribution in [3.8, 4) is 0 Å². The monoisotopic (exact) mass is 291 g/mol. The lowest BCUT2D eigenvalue weighted by molar-refractivity contribution is -0.180. The number of hydrogen-bond donors (Lipinski definition) is 0. The van der Waals surface area contributed by atoms with Crippen molar-refractivity contribution < 1.29 is 9.53 Å². The summed E-state index contributed by atoms with van der Waals surface area (Å²) in [6.07, 6.45) is 3.38. The molecule has 20 heavy (non-hydrogen) atoms. The minimum atomic E-state index is -0.132. The molecule has 0 aliphatic carbocycles. The van der Waals surface area contributed by atoms with Crippen LogP contribution in [0, 0.1) is 5.92 Å². The van der Waals surface area contributed by atoms with Gasteiger partial charge in [-0.3, -0.25) is 9.69 Å². The van der Waals surface area contributed by atoms with Crippen LogP contribution in [-0.2, 0) is 9.53 Å². The predicted octanol–water partition coefficient (Wildman–Crippen LogP) is 2.83. The molecule has 1 aromatic carbocycles. The van der Waals surface area contributed by atoms with Crippen molar-refractivity contribution in [3.63, 3.8) is 0 Å². The Bertz CT molecular complexity index is 522. The molecule has 2 bridgehead atoms. The summed E-state index contributed by atoms with van der Waals surface area (Å²) in [7, 11) is 0. The van der Waals surface area contributed by atoms with Crippen molar-refractivity contribution in [2.45, 2.75) is 37.3 Å². The second-order valence-corrected chi connectivity index (χ2v) is 6.62. The first-order valence-electron chi connectivity index (χ1n) is 7.42. The van der Waals surface area contributed by atoms with Gasteiger partial charge < -0.3 is 4.74 Å². The molecule has 106 valence electrons. The van der Waals surface area contributed by atoms with Crippen molar-refractivity contribution >= 4 is 17.6 Å². The zero-order valence-corrected chi connectivity index (χ0v) is 12.1. The van der Waals surface area contributed by atoms with E-state index in [-0.39, 0.29) is 18.0 Å². The molecule has 1 aromatic rings. The molecule has 0 N–H and O–H groups in total. The summed E-state index contributed by atoms with van der Waals surface area (Å²) in [6, 6.07) is 8.02. The van der Waals surface area contributed by atoms with Crippen LogP contribution in [-0.4, -0.2) is 36.1 Å². The highest BCUT2D eigenvalue weighted by Crippen LogP contribution is 2.42. The Labute approximate surface area is 123 Å². The van der Waals surface area contributed by atoms with Crippen molar-refractivity contribution in [1.82, 2.24) is 4.90 Å². The lowest BCUT2D eigenvalue weighted by Crippen LogP contribution is -2.61. The molecule has 0 aromatic heterocycles. The number of hydrogen-bond acceptors (Lipinski definition) is 3. The summed E-state index contributed by atoms with van der Waals surface area (Å²) < 4.78 is 5.81. The van der Waals surface area contributed by atoms with Gasteiger partial charge in [-0.1, -0.05) is 23.7 Å². The molecule has 4 aliphatic rings. The second kappa shape index (κ2) is 4.74. The maximum atomic E-state index is 12.3. The summed E-state index contributed by atoms with van der Waals surface area (Å²) in [4.78, 5) is 14.9. The number of halogens is 1. The Morgan fingerprint density at radius 1 is 1.15 bits per heavy atom. The first-order chi connectivity index (χ1) is 9.72. The van der Waals surface area contributed by atoms with Crippen LogP contribution in [0.4, 0.5) is 0 Å². The zero-order chi connectivity index (χ0) is 13.7. The van der Waals surface area contributed by atoms with E-state index in [1.165, 1.54) is 12.8 Å². The molecule has 4 fully saturated rings. The van der Waals surface area contributed by atoms with E-state index in [4.69, 9.17) is 16.3 Å². The number of esters is 1. The third-order valence-electron chi connectivity index (χ3n) is 5.17. The number of fused-ring (bicyclic) bond motifs is 2. The van der Waals surface area contributed by atoms with Crippen molar-refractivity contribution in [2.24, 2.45) is 5.92 Å². The standard InChI is InChI=1S/C16H18ClNO2/c17-12-3-1-10(2-4-12)13-9-14-15(20-16(13)19)11-5-7-18(14)8-6-11/h1-4,11,13-15H,5-9H2. The molecule has 4 aliphatic heterocycles. The molecule has 3 nitrogen and oxygen atoms in total. The molecule has 0 radical (unpaired) electrons. The highest BCUT2D eigenvalue weighted by Gasteiger charge is 2.49. The van der Waals surface area contributed by atoms with Gasteiger partial charge in [0.2, 0.25) is 0 Å². The number of piperidine rings is 3. The maximum absolute atomic E-state index is 12.3. The molecule has 4 heteroatoms. The Morgan fingerprint density at radius 3 is 2.55 bits per heavy atom. The SMILES string of the molecule is O=C1OC2C3CCN(CC3)C2CC1c1ccc(Cl)cc1. The fourth-order valence-electron chi connectivity index (χ4n) is 4.08. The van der Waals surface area contributed by atoms with Crippen LogP contribution in [0.25, 0.3) is 0 Å². The third kappa shape index (κ3) is 1.95. The van der Waals surface area contributed by atoms with Gasteiger partial charge in [-0.25, -0.2) is 0 Å². The van der Waals surface area contributed by atoms with Gasteiger partial charge in [0.1, 0.15) is 6.10 Å². The molecule has 0 amide bonds. The molecular weight excluding hydrogens is 274 g/mol. The van der Waals surface area contributed by atoms with Crippen molar-refractivity contribution in [1.29, 1.82) is 0 Å². The number of carbonyl (C=O) groups excluding carboxylic acids is 1. The van der Waals surface area contributed by atoms with Gasteiger partial charge in [0.25, 0.3) is 0 Å². The van der Waals surface area contributed by atoms with Gasteiger partial charge in [-0.05, 0) is 56.0 Å². The van der Waals surface area contributed by atoms with Gasteiger partial charge in [0.05, 0.1) is 5.92 Å². The van der Waals surface area contributed by atoms with Crippen molar-refractivity contribution in [2.75, 3.05) is 13.1 Å². The number of carbonyl (C=O) groups is 1. The summed E-state index contributed by atoms with van der Waals surface area (Å²) >= 11 is 5.92. The minimum absolute atomic E-state index is 0.0534. The first-order valence-corrected chi connectivity index (χ1v) is 7.80. The van der Waals surface area contributed by atoms with E-state index in [0.717, 1.165) is 25.1 Å². The van der Waals surface area contributed by atoms with Crippen LogP contribution in [0.5, 0.6) is 0 Å². The van der Waals surface area contributed by atoms with Crippen LogP contribution in [0.1, 0.15) is 30.7 Å². The van der Waals surface area contributed by atoms with E-state index in [1.54, 1.807) is 0 Å². The smallest absolute Gasteiger partial charge is 0.313 e. The summed E-state index contributed by atoms with van der Waals surface area (Å²) in [5.74, 6) is 0.398. The molecule has 4 saturated heterocycles. The Kier molecular flexibility index (Phi) is 3.00. The van der Waals surface area contributed by atoms with Crippen molar-refractivity contribution in [3.05, 3.63) is 34.9 Å². The predicted molar refractivity (Wildman–Crippen MR) is 76.8 cm³/mol. The first kappa shape index (κ1) is 12.7. The number of ether oxygens (including phenoxy) is 1. The Morgan fingerprint density at radius 2 is 1.85 bits per heavy atom. The highest BCUT2D eigenvalue weighted by atomic mass is 35.5. The van der Waals surface area contributed by atoms with Gasteiger partial charge in [-0.2, -0.15) is 0 Å². The Hall–Kier alpha value is -1.06. The normalized spacial score (nSPS) is 39.2. The Balaban J connectivity index is 1.60. The number of nitrogens with zero attached hydrogens (tertiary/aromatic N) is 1. The molecular formula is C16H18ClNO2. The van der Waals surface area contributed by atoms with Gasteiger partial charge in [-0.15, -0.1) is 0 Å². The summed E-state index contributed by atoms with van der Waals surface area (Å²) in [6.45, 7) is 2.33. The number of rotatable bonds is 1. The minimum Gasteiger partial charge on any atom is -0.460 e. The summed E-state index contributed by atoms with van der Waals surface area (Å²) in [5, 5.41) is 0.705. The third-order valence-corrected chi connectivity index (χ3v) is 5.43. The molecule has 4 heterocycles. The average molecular weight is 292 g/mol. The fraction of sp³-hybridized carbons (Fsp3) is 0.562. The van der Waals surface area contributed by atoms with Crippen LogP contribution >= 0.6 is 11.6 Å². The quantitative estimate of drug-likeness (QED) is 0.745.